The van der Waals surface area contributed by atoms with Crippen molar-refractivity contribution in [2.24, 2.45) is 0 Å². The Morgan fingerprint density at radius 3 is 2.80 bits per heavy atom. The van der Waals surface area contributed by atoms with Crippen LogP contribution in [0.25, 0.3) is 4.85 Å². The number of morpholine rings is 1. The molecule has 6 nitrogen and oxygen atoms in total. The fourth-order valence-electron chi connectivity index (χ4n) is 2.85. The first-order chi connectivity index (χ1) is 9.78. The van der Waals surface area contributed by atoms with Gasteiger partial charge in [0.2, 0.25) is 5.69 Å². The van der Waals surface area contributed by atoms with E-state index in [4.69, 9.17) is 11.3 Å². The summed E-state index contributed by atoms with van der Waals surface area (Å²) < 4.78 is 5.57. The Labute approximate surface area is 118 Å². The number of aliphatic hydroxyl groups excluding tert-OH is 1. The molecule has 20 heavy (non-hydrogen) atoms. The van der Waals surface area contributed by atoms with Crippen LogP contribution in [0.1, 0.15) is 11.8 Å². The number of pyridine rings is 1. The van der Waals surface area contributed by atoms with E-state index in [-0.39, 0.29) is 0 Å². The number of nitrogens with one attached hydrogen (secondary N) is 1. The maximum absolute atomic E-state index is 10.3. The van der Waals surface area contributed by atoms with Crippen molar-refractivity contribution in [3.63, 3.8) is 0 Å². The van der Waals surface area contributed by atoms with Gasteiger partial charge in [0, 0.05) is 37.9 Å². The zero-order valence-electron chi connectivity index (χ0n) is 11.2. The lowest BCUT2D eigenvalue weighted by Gasteiger charge is -2.46. The average molecular weight is 274 g/mol. The minimum atomic E-state index is -0.629. The normalized spacial score (nSPS) is 27.8. The number of aromatic nitrogens is 1. The standard InChI is InChI=1S/C14H18N4O2/c1-15-10-2-3-13(17-4-10)14(19)7-18-11-5-16-6-12(18)9-20-8-11/h2-4,11-12,14,16,19H,5-9H2. The molecule has 0 spiro atoms. The number of rotatable bonds is 3. The minimum absolute atomic E-state index is 0.319. The zero-order chi connectivity index (χ0) is 13.9. The number of fused-ring (bicyclic) bond motifs is 2. The second-order valence-corrected chi connectivity index (χ2v) is 5.27. The van der Waals surface area contributed by atoms with Crippen molar-refractivity contribution in [3.8, 4) is 0 Å². The van der Waals surface area contributed by atoms with E-state index in [1.807, 2.05) is 0 Å². The molecule has 0 radical (unpaired) electrons. The van der Waals surface area contributed by atoms with Crippen molar-refractivity contribution in [3.05, 3.63) is 35.4 Å². The molecular formula is C14H18N4O2. The highest BCUT2D eigenvalue weighted by atomic mass is 16.5. The highest BCUT2D eigenvalue weighted by Gasteiger charge is 2.35. The third-order valence-electron chi connectivity index (χ3n) is 3.94. The van der Waals surface area contributed by atoms with Gasteiger partial charge in [-0.1, -0.05) is 6.07 Å². The number of ether oxygens (including phenoxy) is 1. The van der Waals surface area contributed by atoms with Crippen LogP contribution in [0.3, 0.4) is 0 Å². The van der Waals surface area contributed by atoms with E-state index in [0.717, 1.165) is 13.1 Å². The number of aliphatic hydroxyl groups is 1. The number of piperazine rings is 1. The highest BCUT2D eigenvalue weighted by molar-refractivity contribution is 5.41. The van der Waals surface area contributed by atoms with Crippen LogP contribution in [-0.2, 0) is 4.74 Å². The van der Waals surface area contributed by atoms with Gasteiger partial charge in [0.25, 0.3) is 0 Å². The molecule has 6 heteroatoms. The van der Waals surface area contributed by atoms with Crippen LogP contribution in [-0.4, -0.2) is 59.9 Å². The van der Waals surface area contributed by atoms with E-state index in [1.54, 1.807) is 12.1 Å². The number of hydrogen-bond acceptors (Lipinski definition) is 5. The Morgan fingerprint density at radius 1 is 1.45 bits per heavy atom. The fraction of sp³-hybridized carbons (Fsp3) is 0.571. The molecule has 2 saturated heterocycles. The van der Waals surface area contributed by atoms with Gasteiger partial charge in [-0.05, 0) is 6.07 Å². The second kappa shape index (κ2) is 5.85. The summed E-state index contributed by atoms with van der Waals surface area (Å²) in [6.07, 6.45) is 0.878. The lowest BCUT2D eigenvalue weighted by molar-refractivity contribution is -0.0795. The van der Waals surface area contributed by atoms with E-state index in [9.17, 15) is 5.11 Å². The molecule has 2 aliphatic heterocycles. The highest BCUT2D eigenvalue weighted by Crippen LogP contribution is 2.22. The molecule has 2 fully saturated rings. The van der Waals surface area contributed by atoms with Gasteiger partial charge in [-0.2, -0.15) is 0 Å². The van der Waals surface area contributed by atoms with E-state index in [2.05, 4.69) is 20.0 Å². The summed E-state index contributed by atoms with van der Waals surface area (Å²) in [7, 11) is 0. The van der Waals surface area contributed by atoms with Gasteiger partial charge >= 0.3 is 0 Å². The van der Waals surface area contributed by atoms with Gasteiger partial charge in [0.15, 0.2) is 0 Å². The topological polar surface area (TPSA) is 62.0 Å². The Kier molecular flexibility index (Phi) is 3.94. The van der Waals surface area contributed by atoms with Crippen molar-refractivity contribution >= 4 is 5.69 Å². The van der Waals surface area contributed by atoms with Crippen LogP contribution < -0.4 is 5.32 Å². The third-order valence-corrected chi connectivity index (χ3v) is 3.94. The van der Waals surface area contributed by atoms with Crippen LogP contribution in [0, 0.1) is 6.57 Å². The summed E-state index contributed by atoms with van der Waals surface area (Å²) in [5, 5.41) is 13.7. The molecular weight excluding hydrogens is 256 g/mol. The predicted octanol–water partition coefficient (Wildman–Crippen LogP) is 0.338. The van der Waals surface area contributed by atoms with Crippen LogP contribution in [0.5, 0.6) is 0 Å². The molecule has 2 aliphatic rings. The minimum Gasteiger partial charge on any atom is -0.385 e. The Bertz CT molecular complexity index is 477. The molecule has 0 aromatic carbocycles. The van der Waals surface area contributed by atoms with Gasteiger partial charge in [-0.25, -0.2) is 4.85 Å². The van der Waals surface area contributed by atoms with E-state index >= 15 is 0 Å². The lowest BCUT2D eigenvalue weighted by Crippen LogP contribution is -2.64. The van der Waals surface area contributed by atoms with Crippen LogP contribution in [0.2, 0.25) is 0 Å². The van der Waals surface area contributed by atoms with E-state index in [1.165, 1.54) is 6.20 Å². The number of hydrogen-bond donors (Lipinski definition) is 2. The van der Waals surface area contributed by atoms with Crippen molar-refractivity contribution in [2.45, 2.75) is 18.2 Å². The van der Waals surface area contributed by atoms with Crippen LogP contribution >= 0.6 is 0 Å². The summed E-state index contributed by atoms with van der Waals surface area (Å²) in [4.78, 5) is 9.79. The largest absolute Gasteiger partial charge is 0.385 e. The molecule has 3 atom stereocenters. The van der Waals surface area contributed by atoms with Crippen molar-refractivity contribution < 1.29 is 9.84 Å². The maximum atomic E-state index is 10.3. The van der Waals surface area contributed by atoms with Crippen LogP contribution in [0.4, 0.5) is 5.69 Å². The Hall–Kier alpha value is -1.52. The van der Waals surface area contributed by atoms with Crippen molar-refractivity contribution in [1.82, 2.24) is 15.2 Å². The maximum Gasteiger partial charge on any atom is 0.205 e. The van der Waals surface area contributed by atoms with Gasteiger partial charge in [0.1, 0.15) is 6.10 Å². The molecule has 1 aromatic rings. The van der Waals surface area contributed by atoms with Crippen molar-refractivity contribution in [2.75, 3.05) is 32.8 Å². The molecule has 0 amide bonds. The second-order valence-electron chi connectivity index (χ2n) is 5.27. The lowest BCUT2D eigenvalue weighted by atomic mass is 10.0. The monoisotopic (exact) mass is 274 g/mol. The first-order valence-electron chi connectivity index (χ1n) is 6.83. The molecule has 1 aromatic heterocycles. The molecule has 3 unspecified atom stereocenters. The van der Waals surface area contributed by atoms with E-state index in [0.29, 0.717) is 43.2 Å². The molecule has 3 heterocycles. The van der Waals surface area contributed by atoms with Gasteiger partial charge in [-0.15, -0.1) is 0 Å². The molecule has 106 valence electrons. The number of nitrogens with zero attached hydrogens (tertiary/aromatic N) is 3. The van der Waals surface area contributed by atoms with Crippen LogP contribution in [0.15, 0.2) is 18.3 Å². The van der Waals surface area contributed by atoms with Gasteiger partial charge < -0.3 is 15.2 Å². The Morgan fingerprint density at radius 2 is 2.20 bits per heavy atom. The summed E-state index contributed by atoms with van der Waals surface area (Å²) in [5.41, 5.74) is 1.11. The quantitative estimate of drug-likeness (QED) is 0.778. The summed E-state index contributed by atoms with van der Waals surface area (Å²) in [5.74, 6) is 0. The Balaban J connectivity index is 1.68. The molecule has 3 rings (SSSR count). The molecule has 0 saturated carbocycles. The van der Waals surface area contributed by atoms with E-state index < -0.39 is 6.10 Å². The third kappa shape index (κ3) is 2.67. The van der Waals surface area contributed by atoms with Gasteiger partial charge in [0.05, 0.1) is 25.5 Å². The molecule has 0 aliphatic carbocycles. The average Bonchev–Trinajstić information content (AvgIpc) is 2.47. The summed E-state index contributed by atoms with van der Waals surface area (Å²) in [6, 6.07) is 4.06. The zero-order valence-corrected chi connectivity index (χ0v) is 11.2. The van der Waals surface area contributed by atoms with Gasteiger partial charge in [-0.3, -0.25) is 9.88 Å². The predicted molar refractivity (Wildman–Crippen MR) is 73.4 cm³/mol. The fourth-order valence-corrected chi connectivity index (χ4v) is 2.85. The first kappa shape index (κ1) is 13.5. The summed E-state index contributed by atoms with van der Waals surface area (Å²) in [6.45, 7) is 10.7. The summed E-state index contributed by atoms with van der Waals surface area (Å²) >= 11 is 0. The first-order valence-corrected chi connectivity index (χ1v) is 6.83. The molecule has 2 bridgehead atoms. The SMILES string of the molecule is [C-]#[N+]c1ccc(C(O)CN2C3CNCC2COC3)nc1. The van der Waals surface area contributed by atoms with Crippen molar-refractivity contribution in [1.29, 1.82) is 0 Å². The molecule has 2 N–H and O–H groups in total. The smallest absolute Gasteiger partial charge is 0.205 e.